The smallest absolute Gasteiger partial charge is 0.261 e. The molecule has 0 aliphatic carbocycles. The third-order valence-electron chi connectivity index (χ3n) is 5.13. The van der Waals surface area contributed by atoms with Crippen molar-refractivity contribution in [3.05, 3.63) is 89.2 Å². The molecule has 4 rings (SSSR count). The third kappa shape index (κ3) is 4.54. The molecule has 1 aliphatic heterocycles. The molecule has 1 aliphatic rings. The second-order valence-electron chi connectivity index (χ2n) is 7.29. The van der Waals surface area contributed by atoms with Gasteiger partial charge in [-0.05, 0) is 55.0 Å². The monoisotopic (exact) mass is 440 g/mol. The molecule has 0 unspecified atom stereocenters. The number of para-hydroxylation sites is 1. The van der Waals surface area contributed by atoms with Crippen LogP contribution in [-0.2, 0) is 10.0 Å². The van der Waals surface area contributed by atoms with Crippen molar-refractivity contribution in [2.75, 3.05) is 11.3 Å². The summed E-state index contributed by atoms with van der Waals surface area (Å²) in [4.78, 5) is 12.8. The van der Waals surface area contributed by atoms with E-state index in [0.29, 0.717) is 24.2 Å². The molecule has 3 aromatic rings. The zero-order valence-corrected chi connectivity index (χ0v) is 17.6. The Balaban J connectivity index is 1.55. The van der Waals surface area contributed by atoms with Gasteiger partial charge in [-0.25, -0.2) is 12.8 Å². The number of halogens is 1. The van der Waals surface area contributed by atoms with E-state index in [4.69, 9.17) is 4.74 Å². The van der Waals surface area contributed by atoms with Gasteiger partial charge in [-0.3, -0.25) is 9.52 Å². The van der Waals surface area contributed by atoms with Crippen molar-refractivity contribution in [3.63, 3.8) is 0 Å². The van der Waals surface area contributed by atoms with E-state index in [2.05, 4.69) is 10.0 Å². The lowest BCUT2D eigenvalue weighted by atomic mass is 10.00. The fourth-order valence-corrected chi connectivity index (χ4v) is 4.55. The number of carbonyl (C=O) groups excluding carboxylic acids is 1. The summed E-state index contributed by atoms with van der Waals surface area (Å²) in [5.74, 6) is -0.0943. The van der Waals surface area contributed by atoms with E-state index in [1.807, 2.05) is 24.3 Å². The summed E-state index contributed by atoms with van der Waals surface area (Å²) >= 11 is 0. The summed E-state index contributed by atoms with van der Waals surface area (Å²) in [5, 5.41) is 3.00. The predicted molar refractivity (Wildman–Crippen MR) is 115 cm³/mol. The minimum atomic E-state index is -3.93. The van der Waals surface area contributed by atoms with Crippen molar-refractivity contribution in [2.24, 2.45) is 0 Å². The first-order chi connectivity index (χ1) is 14.8. The van der Waals surface area contributed by atoms with Crippen LogP contribution in [0.4, 0.5) is 10.1 Å². The molecule has 0 aromatic heterocycles. The molecule has 8 heteroatoms. The highest BCUT2D eigenvalue weighted by molar-refractivity contribution is 7.92. The average molecular weight is 440 g/mol. The van der Waals surface area contributed by atoms with Crippen LogP contribution in [0.25, 0.3) is 0 Å². The fraction of sp³-hybridized carbons (Fsp3) is 0.174. The number of rotatable bonds is 5. The highest BCUT2D eigenvalue weighted by Crippen LogP contribution is 2.32. The molecular weight excluding hydrogens is 419 g/mol. The number of benzene rings is 3. The molecule has 31 heavy (non-hydrogen) atoms. The van der Waals surface area contributed by atoms with Gasteiger partial charge in [0, 0.05) is 17.5 Å². The van der Waals surface area contributed by atoms with E-state index in [-0.39, 0.29) is 22.5 Å². The molecule has 3 aromatic carbocycles. The van der Waals surface area contributed by atoms with Gasteiger partial charge in [-0.1, -0.05) is 24.3 Å². The quantitative estimate of drug-likeness (QED) is 0.623. The maximum atomic E-state index is 13.1. The molecule has 160 valence electrons. The largest absolute Gasteiger partial charge is 0.493 e. The molecular formula is C23H21FN2O4S. The number of ether oxygens (including phenoxy) is 1. The summed E-state index contributed by atoms with van der Waals surface area (Å²) < 4.78 is 46.5. The van der Waals surface area contributed by atoms with E-state index >= 15 is 0 Å². The molecule has 0 spiro atoms. The number of fused-ring (bicyclic) bond motifs is 1. The number of carbonyl (C=O) groups is 1. The number of anilines is 1. The molecule has 0 bridgehead atoms. The Labute approximate surface area is 180 Å². The highest BCUT2D eigenvalue weighted by Gasteiger charge is 2.24. The fourth-order valence-electron chi connectivity index (χ4n) is 3.42. The lowest BCUT2D eigenvalue weighted by molar-refractivity contribution is 0.0925. The van der Waals surface area contributed by atoms with Gasteiger partial charge in [0.15, 0.2) is 0 Å². The van der Waals surface area contributed by atoms with E-state index in [0.717, 1.165) is 23.4 Å². The average Bonchev–Trinajstić information content (AvgIpc) is 2.75. The van der Waals surface area contributed by atoms with Crippen LogP contribution in [0, 0.1) is 12.7 Å². The maximum absolute atomic E-state index is 13.1. The van der Waals surface area contributed by atoms with Crippen LogP contribution in [0.1, 0.15) is 33.9 Å². The van der Waals surface area contributed by atoms with E-state index in [1.54, 1.807) is 19.1 Å². The van der Waals surface area contributed by atoms with Crippen LogP contribution in [0.15, 0.2) is 71.6 Å². The van der Waals surface area contributed by atoms with Crippen molar-refractivity contribution in [1.82, 2.24) is 5.32 Å². The van der Waals surface area contributed by atoms with E-state index < -0.39 is 15.8 Å². The van der Waals surface area contributed by atoms with Gasteiger partial charge in [0.2, 0.25) is 0 Å². The Morgan fingerprint density at radius 1 is 1.06 bits per heavy atom. The van der Waals surface area contributed by atoms with Gasteiger partial charge in [0.05, 0.1) is 23.2 Å². The number of sulfonamides is 1. The summed E-state index contributed by atoms with van der Waals surface area (Å²) in [6.45, 7) is 2.23. The van der Waals surface area contributed by atoms with Crippen molar-refractivity contribution in [1.29, 1.82) is 0 Å². The second kappa shape index (κ2) is 8.39. The topological polar surface area (TPSA) is 84.5 Å². The van der Waals surface area contributed by atoms with Crippen LogP contribution in [0.3, 0.4) is 0 Å². The summed E-state index contributed by atoms with van der Waals surface area (Å²) in [7, 11) is -3.93. The molecule has 0 saturated heterocycles. The van der Waals surface area contributed by atoms with Gasteiger partial charge in [0.1, 0.15) is 11.6 Å². The molecule has 1 atom stereocenters. The van der Waals surface area contributed by atoms with Gasteiger partial charge < -0.3 is 10.1 Å². The standard InChI is InChI=1S/C23H21FN2O4S/c1-15-6-7-16(14-21(15)26-31(28,29)18-10-8-17(24)9-11-18)23(27)25-20-12-13-30-22-5-3-2-4-19(20)22/h2-11,14,20,26H,12-13H2,1H3,(H,25,27)/t20-/m1/s1. The predicted octanol–water partition coefficient (Wildman–Crippen LogP) is 4.19. The zero-order chi connectivity index (χ0) is 22.0. The normalized spacial score (nSPS) is 15.5. The van der Waals surface area contributed by atoms with Gasteiger partial charge in [-0.2, -0.15) is 0 Å². The SMILES string of the molecule is Cc1ccc(C(=O)N[C@@H]2CCOc3ccccc32)cc1NS(=O)(=O)c1ccc(F)cc1. The summed E-state index contributed by atoms with van der Waals surface area (Å²) in [5.41, 5.74) is 2.17. The number of amides is 1. The third-order valence-corrected chi connectivity index (χ3v) is 6.51. The highest BCUT2D eigenvalue weighted by atomic mass is 32.2. The Kier molecular flexibility index (Phi) is 5.65. The minimum absolute atomic E-state index is 0.0676. The minimum Gasteiger partial charge on any atom is -0.493 e. The Morgan fingerprint density at radius 2 is 1.81 bits per heavy atom. The molecule has 0 saturated carbocycles. The van der Waals surface area contributed by atoms with E-state index in [1.165, 1.54) is 18.2 Å². The second-order valence-corrected chi connectivity index (χ2v) is 8.97. The molecule has 0 fully saturated rings. The van der Waals surface area contributed by atoms with Gasteiger partial charge in [0.25, 0.3) is 15.9 Å². The molecule has 0 radical (unpaired) electrons. The van der Waals surface area contributed by atoms with Crippen LogP contribution in [-0.4, -0.2) is 20.9 Å². The van der Waals surface area contributed by atoms with E-state index in [9.17, 15) is 17.6 Å². The first-order valence-electron chi connectivity index (χ1n) is 9.75. The van der Waals surface area contributed by atoms with Crippen LogP contribution in [0.5, 0.6) is 5.75 Å². The maximum Gasteiger partial charge on any atom is 0.261 e. The Hall–Kier alpha value is -3.39. The molecule has 6 nitrogen and oxygen atoms in total. The van der Waals surface area contributed by atoms with Gasteiger partial charge in [-0.15, -0.1) is 0 Å². The van der Waals surface area contributed by atoms with Crippen molar-refractivity contribution < 1.29 is 22.3 Å². The number of hydrogen-bond donors (Lipinski definition) is 2. The summed E-state index contributed by atoms with van der Waals surface area (Å²) in [6.07, 6.45) is 0.638. The lowest BCUT2D eigenvalue weighted by Gasteiger charge is -2.26. The first-order valence-corrected chi connectivity index (χ1v) is 11.2. The Morgan fingerprint density at radius 3 is 2.58 bits per heavy atom. The lowest BCUT2D eigenvalue weighted by Crippen LogP contribution is -2.32. The Bertz CT molecular complexity index is 1230. The van der Waals surface area contributed by atoms with Crippen molar-refractivity contribution >= 4 is 21.6 Å². The number of hydrogen-bond acceptors (Lipinski definition) is 4. The van der Waals surface area contributed by atoms with Crippen molar-refractivity contribution in [2.45, 2.75) is 24.3 Å². The molecule has 1 amide bonds. The van der Waals surface area contributed by atoms with Crippen molar-refractivity contribution in [3.8, 4) is 5.75 Å². The molecule has 2 N–H and O–H groups in total. The van der Waals surface area contributed by atoms with Crippen LogP contribution >= 0.6 is 0 Å². The first kappa shape index (κ1) is 20.9. The van der Waals surface area contributed by atoms with Crippen LogP contribution < -0.4 is 14.8 Å². The summed E-state index contributed by atoms with van der Waals surface area (Å²) in [6, 6.07) is 16.7. The van der Waals surface area contributed by atoms with Crippen LogP contribution in [0.2, 0.25) is 0 Å². The van der Waals surface area contributed by atoms with Gasteiger partial charge >= 0.3 is 0 Å². The number of aryl methyl sites for hydroxylation is 1. The molecule has 1 heterocycles. The number of nitrogens with one attached hydrogen (secondary N) is 2. The zero-order valence-electron chi connectivity index (χ0n) is 16.8.